The SMILES string of the molecule is CCCN1CN=C2C(C1)C(=O)N(C)C(=O)N2C. The topological polar surface area (TPSA) is 56.2 Å². The Kier molecular flexibility index (Phi) is 3.15. The third-order valence-corrected chi connectivity index (χ3v) is 3.27. The Morgan fingerprint density at radius 2 is 2.00 bits per heavy atom. The van der Waals surface area contributed by atoms with Gasteiger partial charge in [-0.25, -0.2) is 4.79 Å². The first-order valence-electron chi connectivity index (χ1n) is 5.88. The van der Waals surface area contributed by atoms with Crippen LogP contribution in [-0.2, 0) is 4.79 Å². The van der Waals surface area contributed by atoms with Gasteiger partial charge in [0, 0.05) is 20.6 Å². The summed E-state index contributed by atoms with van der Waals surface area (Å²) in [5.41, 5.74) is 0. The Bertz CT molecular complexity index is 380. The number of amidine groups is 1. The first kappa shape index (κ1) is 12.0. The number of aliphatic imine (C=N–C) groups is 1. The molecule has 0 aromatic rings. The van der Waals surface area contributed by atoms with Gasteiger partial charge in [0.15, 0.2) is 0 Å². The Hall–Kier alpha value is -1.43. The van der Waals surface area contributed by atoms with Crippen molar-refractivity contribution in [3.05, 3.63) is 0 Å². The molecule has 6 heteroatoms. The molecule has 94 valence electrons. The maximum atomic E-state index is 12.0. The van der Waals surface area contributed by atoms with Crippen molar-refractivity contribution < 1.29 is 9.59 Å². The smallest absolute Gasteiger partial charge is 0.284 e. The molecule has 3 amide bonds. The summed E-state index contributed by atoms with van der Waals surface area (Å²) in [6.45, 7) is 4.27. The molecule has 1 fully saturated rings. The minimum absolute atomic E-state index is 0.146. The molecule has 1 atom stereocenters. The Morgan fingerprint density at radius 3 is 2.65 bits per heavy atom. The maximum absolute atomic E-state index is 12.0. The number of imide groups is 1. The van der Waals surface area contributed by atoms with E-state index in [1.807, 2.05) is 0 Å². The monoisotopic (exact) mass is 238 g/mol. The number of carbonyl (C=O) groups excluding carboxylic acids is 2. The number of hydrogen-bond donors (Lipinski definition) is 0. The zero-order valence-electron chi connectivity index (χ0n) is 10.5. The van der Waals surface area contributed by atoms with Gasteiger partial charge in [-0.05, 0) is 13.0 Å². The fourth-order valence-electron chi connectivity index (χ4n) is 2.34. The van der Waals surface area contributed by atoms with Crippen molar-refractivity contribution in [2.45, 2.75) is 13.3 Å². The van der Waals surface area contributed by atoms with Gasteiger partial charge in [-0.2, -0.15) is 0 Å². The van der Waals surface area contributed by atoms with Gasteiger partial charge in [0.05, 0.1) is 6.67 Å². The molecule has 6 nitrogen and oxygen atoms in total. The highest BCUT2D eigenvalue weighted by atomic mass is 16.2. The second kappa shape index (κ2) is 4.44. The van der Waals surface area contributed by atoms with Gasteiger partial charge in [0.2, 0.25) is 5.91 Å². The van der Waals surface area contributed by atoms with Crippen LogP contribution in [0.4, 0.5) is 4.79 Å². The molecular weight excluding hydrogens is 220 g/mol. The van der Waals surface area contributed by atoms with Gasteiger partial charge in [0.25, 0.3) is 0 Å². The quantitative estimate of drug-likeness (QED) is 0.691. The van der Waals surface area contributed by atoms with Gasteiger partial charge in [-0.3, -0.25) is 24.5 Å². The van der Waals surface area contributed by atoms with Crippen LogP contribution in [0.3, 0.4) is 0 Å². The number of urea groups is 1. The van der Waals surface area contributed by atoms with E-state index < -0.39 is 0 Å². The van der Waals surface area contributed by atoms with Crippen LogP contribution in [0.2, 0.25) is 0 Å². The normalized spacial score (nSPS) is 26.1. The first-order chi connectivity index (χ1) is 8.06. The van der Waals surface area contributed by atoms with Crippen LogP contribution in [0.1, 0.15) is 13.3 Å². The lowest BCUT2D eigenvalue weighted by Gasteiger charge is -2.40. The van der Waals surface area contributed by atoms with Crippen LogP contribution in [0, 0.1) is 5.92 Å². The van der Waals surface area contributed by atoms with E-state index in [0.29, 0.717) is 19.0 Å². The third kappa shape index (κ3) is 1.93. The lowest BCUT2D eigenvalue weighted by molar-refractivity contribution is -0.131. The number of nitrogens with zero attached hydrogens (tertiary/aromatic N) is 4. The molecule has 2 aliphatic heterocycles. The van der Waals surface area contributed by atoms with Gasteiger partial charge in [-0.15, -0.1) is 0 Å². The second-order valence-electron chi connectivity index (χ2n) is 4.53. The van der Waals surface area contributed by atoms with Crippen molar-refractivity contribution in [3.63, 3.8) is 0 Å². The summed E-state index contributed by atoms with van der Waals surface area (Å²) in [5.74, 6) is 0.182. The lowest BCUT2D eigenvalue weighted by Crippen LogP contribution is -2.61. The maximum Gasteiger partial charge on any atom is 0.331 e. The number of amides is 3. The fourth-order valence-corrected chi connectivity index (χ4v) is 2.34. The largest absolute Gasteiger partial charge is 0.331 e. The molecule has 0 aromatic heterocycles. The predicted molar refractivity (Wildman–Crippen MR) is 63.6 cm³/mol. The van der Waals surface area contributed by atoms with Gasteiger partial charge in [-0.1, -0.05) is 6.92 Å². The molecule has 2 rings (SSSR count). The van der Waals surface area contributed by atoms with Gasteiger partial charge < -0.3 is 0 Å². The lowest BCUT2D eigenvalue weighted by atomic mass is 10.0. The van der Waals surface area contributed by atoms with Crippen LogP contribution >= 0.6 is 0 Å². The average molecular weight is 238 g/mol. The van der Waals surface area contributed by atoms with E-state index in [4.69, 9.17) is 0 Å². The molecule has 2 heterocycles. The van der Waals surface area contributed by atoms with Gasteiger partial charge >= 0.3 is 6.03 Å². The minimum Gasteiger partial charge on any atom is -0.284 e. The molecule has 2 aliphatic rings. The van der Waals surface area contributed by atoms with Crippen molar-refractivity contribution in [2.75, 3.05) is 33.9 Å². The van der Waals surface area contributed by atoms with Crippen molar-refractivity contribution in [1.82, 2.24) is 14.7 Å². The highest BCUT2D eigenvalue weighted by molar-refractivity contribution is 6.17. The van der Waals surface area contributed by atoms with E-state index in [-0.39, 0.29) is 17.9 Å². The van der Waals surface area contributed by atoms with Crippen molar-refractivity contribution in [3.8, 4) is 0 Å². The molecule has 0 spiro atoms. The molecule has 1 unspecified atom stereocenters. The number of hydrogen-bond acceptors (Lipinski definition) is 4. The summed E-state index contributed by atoms with van der Waals surface area (Å²) in [6, 6.07) is -0.297. The molecule has 0 aliphatic carbocycles. The molecule has 0 radical (unpaired) electrons. The second-order valence-corrected chi connectivity index (χ2v) is 4.53. The van der Waals surface area contributed by atoms with Crippen LogP contribution in [-0.4, -0.2) is 66.3 Å². The highest BCUT2D eigenvalue weighted by Crippen LogP contribution is 2.21. The standard InChI is InChI=1S/C11H18N4O2/c1-4-5-15-6-8-9(12-7-15)13(2)11(17)14(3)10(8)16/h8H,4-7H2,1-3H3. The van der Waals surface area contributed by atoms with E-state index in [2.05, 4.69) is 16.8 Å². The van der Waals surface area contributed by atoms with E-state index in [0.717, 1.165) is 13.0 Å². The summed E-state index contributed by atoms with van der Waals surface area (Å²) in [4.78, 5) is 32.9. The zero-order chi connectivity index (χ0) is 12.6. The van der Waals surface area contributed by atoms with Crippen molar-refractivity contribution in [2.24, 2.45) is 10.9 Å². The first-order valence-corrected chi connectivity index (χ1v) is 5.88. The molecule has 0 bridgehead atoms. The van der Waals surface area contributed by atoms with Crippen LogP contribution in [0.5, 0.6) is 0 Å². The molecule has 0 saturated carbocycles. The van der Waals surface area contributed by atoms with Crippen LogP contribution in [0.25, 0.3) is 0 Å². The van der Waals surface area contributed by atoms with E-state index in [1.54, 1.807) is 7.05 Å². The molecule has 1 saturated heterocycles. The van der Waals surface area contributed by atoms with Crippen molar-refractivity contribution in [1.29, 1.82) is 0 Å². The number of fused-ring (bicyclic) bond motifs is 1. The number of carbonyl (C=O) groups is 2. The molecular formula is C11H18N4O2. The Labute approximate surface area is 101 Å². The molecule has 17 heavy (non-hydrogen) atoms. The molecule has 0 N–H and O–H groups in total. The predicted octanol–water partition coefficient (Wildman–Crippen LogP) is 0.208. The van der Waals surface area contributed by atoms with E-state index >= 15 is 0 Å². The highest BCUT2D eigenvalue weighted by Gasteiger charge is 2.42. The van der Waals surface area contributed by atoms with Gasteiger partial charge in [0.1, 0.15) is 11.8 Å². The summed E-state index contributed by atoms with van der Waals surface area (Å²) in [5, 5.41) is 0. The third-order valence-electron chi connectivity index (χ3n) is 3.27. The Balaban J connectivity index is 2.24. The Morgan fingerprint density at radius 1 is 1.29 bits per heavy atom. The average Bonchev–Trinajstić information content (AvgIpc) is 2.34. The van der Waals surface area contributed by atoms with Crippen molar-refractivity contribution >= 4 is 17.8 Å². The summed E-state index contributed by atoms with van der Waals surface area (Å²) in [6.07, 6.45) is 1.04. The van der Waals surface area contributed by atoms with Crippen LogP contribution < -0.4 is 0 Å². The van der Waals surface area contributed by atoms with E-state index in [9.17, 15) is 9.59 Å². The fraction of sp³-hybridized carbons (Fsp3) is 0.727. The summed E-state index contributed by atoms with van der Waals surface area (Å²) in [7, 11) is 3.20. The number of rotatable bonds is 2. The zero-order valence-corrected chi connectivity index (χ0v) is 10.5. The van der Waals surface area contributed by atoms with Crippen LogP contribution in [0.15, 0.2) is 4.99 Å². The molecule has 0 aromatic carbocycles. The summed E-state index contributed by atoms with van der Waals surface area (Å²) >= 11 is 0. The van der Waals surface area contributed by atoms with E-state index in [1.165, 1.54) is 16.8 Å². The minimum atomic E-state index is -0.297. The summed E-state index contributed by atoms with van der Waals surface area (Å²) < 4.78 is 0.